The van der Waals surface area contributed by atoms with Gasteiger partial charge in [0.15, 0.2) is 11.0 Å². The molecule has 24 heavy (non-hydrogen) atoms. The van der Waals surface area contributed by atoms with E-state index < -0.39 is 0 Å². The summed E-state index contributed by atoms with van der Waals surface area (Å²) in [6.07, 6.45) is 1.86. The van der Waals surface area contributed by atoms with E-state index in [2.05, 4.69) is 9.98 Å². The van der Waals surface area contributed by atoms with Gasteiger partial charge in [-0.2, -0.15) is 0 Å². The van der Waals surface area contributed by atoms with Gasteiger partial charge in [0, 0.05) is 12.7 Å². The standard InChI is InChI=1S/C18H17N3O2S/c1-12-5-4-6-16(19-12)20-18-21(2)17(22)15(24-18)11-13-7-9-14(23-3)10-8-13/h4-11H,1-3H3/b15-11-,20-18+. The number of hydrogen-bond donors (Lipinski definition) is 0. The summed E-state index contributed by atoms with van der Waals surface area (Å²) in [6.45, 7) is 1.91. The van der Waals surface area contributed by atoms with E-state index in [0.29, 0.717) is 15.9 Å². The van der Waals surface area contributed by atoms with Gasteiger partial charge in [-0.15, -0.1) is 0 Å². The molecule has 1 saturated heterocycles. The number of likely N-dealkylation sites (N-methyl/N-ethyl adjacent to an activating group) is 1. The fraction of sp³-hybridized carbons (Fsp3) is 0.167. The maximum atomic E-state index is 12.4. The number of ether oxygens (including phenoxy) is 1. The second kappa shape index (κ2) is 6.88. The highest BCUT2D eigenvalue weighted by Gasteiger charge is 2.30. The topological polar surface area (TPSA) is 54.8 Å². The van der Waals surface area contributed by atoms with Gasteiger partial charge in [0.05, 0.1) is 12.0 Å². The Morgan fingerprint density at radius 3 is 2.62 bits per heavy atom. The van der Waals surface area contributed by atoms with Crippen molar-refractivity contribution < 1.29 is 9.53 Å². The first-order chi connectivity index (χ1) is 11.6. The lowest BCUT2D eigenvalue weighted by Crippen LogP contribution is -2.23. The number of carbonyl (C=O) groups excluding carboxylic acids is 1. The highest BCUT2D eigenvalue weighted by atomic mass is 32.2. The Hall–Kier alpha value is -2.60. The average Bonchev–Trinajstić information content (AvgIpc) is 2.84. The monoisotopic (exact) mass is 339 g/mol. The van der Waals surface area contributed by atoms with Gasteiger partial charge in [-0.3, -0.25) is 9.69 Å². The lowest BCUT2D eigenvalue weighted by atomic mass is 10.2. The molecule has 0 unspecified atom stereocenters. The van der Waals surface area contributed by atoms with Crippen LogP contribution in [0.5, 0.6) is 5.75 Å². The number of benzene rings is 1. The van der Waals surface area contributed by atoms with Crippen molar-refractivity contribution in [3.05, 3.63) is 58.6 Å². The van der Waals surface area contributed by atoms with Crippen molar-refractivity contribution in [1.29, 1.82) is 0 Å². The molecule has 1 aromatic carbocycles. The molecule has 0 atom stereocenters. The predicted octanol–water partition coefficient (Wildman–Crippen LogP) is 3.63. The minimum absolute atomic E-state index is 0.0674. The number of pyridine rings is 1. The number of amides is 1. The van der Waals surface area contributed by atoms with Crippen molar-refractivity contribution in [2.75, 3.05) is 14.2 Å². The number of thioether (sulfide) groups is 1. The fourth-order valence-electron chi connectivity index (χ4n) is 2.19. The first-order valence-electron chi connectivity index (χ1n) is 7.41. The van der Waals surface area contributed by atoms with Crippen LogP contribution >= 0.6 is 11.8 Å². The molecule has 2 heterocycles. The summed E-state index contributed by atoms with van der Waals surface area (Å²) in [5.74, 6) is 1.32. The van der Waals surface area contributed by atoms with Gasteiger partial charge >= 0.3 is 0 Å². The van der Waals surface area contributed by atoms with Crippen LogP contribution in [-0.4, -0.2) is 35.1 Å². The third-order valence-electron chi connectivity index (χ3n) is 3.50. The van der Waals surface area contributed by atoms with E-state index in [1.54, 1.807) is 19.1 Å². The third-order valence-corrected chi connectivity index (χ3v) is 4.56. The van der Waals surface area contributed by atoms with E-state index in [0.717, 1.165) is 17.0 Å². The van der Waals surface area contributed by atoms with Crippen LogP contribution in [0.2, 0.25) is 0 Å². The molecule has 1 aromatic heterocycles. The summed E-state index contributed by atoms with van der Waals surface area (Å²) in [4.78, 5) is 23.4. The van der Waals surface area contributed by atoms with Crippen LogP contribution in [0, 0.1) is 6.92 Å². The molecule has 1 fully saturated rings. The Kier molecular flexibility index (Phi) is 4.66. The normalized spacial score (nSPS) is 17.8. The summed E-state index contributed by atoms with van der Waals surface area (Å²) in [5, 5.41) is 0.623. The van der Waals surface area contributed by atoms with Crippen LogP contribution in [0.25, 0.3) is 6.08 Å². The number of methoxy groups -OCH3 is 1. The molecule has 0 aliphatic carbocycles. The number of amidine groups is 1. The van der Waals surface area contributed by atoms with Gasteiger partial charge in [0.2, 0.25) is 0 Å². The van der Waals surface area contributed by atoms with Crippen molar-refractivity contribution in [2.24, 2.45) is 4.99 Å². The summed E-state index contributed by atoms with van der Waals surface area (Å²) < 4.78 is 5.14. The Morgan fingerprint density at radius 1 is 1.21 bits per heavy atom. The van der Waals surface area contributed by atoms with Crippen molar-refractivity contribution in [3.8, 4) is 5.75 Å². The number of nitrogens with zero attached hydrogens (tertiary/aromatic N) is 3. The minimum Gasteiger partial charge on any atom is -0.497 e. The molecule has 1 aliphatic rings. The molecule has 1 amide bonds. The van der Waals surface area contributed by atoms with Crippen molar-refractivity contribution in [1.82, 2.24) is 9.88 Å². The minimum atomic E-state index is -0.0674. The Bertz CT molecular complexity index is 828. The first-order valence-corrected chi connectivity index (χ1v) is 8.22. The van der Waals surface area contributed by atoms with Gasteiger partial charge in [-0.05, 0) is 54.6 Å². The zero-order valence-corrected chi connectivity index (χ0v) is 14.5. The van der Waals surface area contributed by atoms with Crippen molar-refractivity contribution in [2.45, 2.75) is 6.92 Å². The average molecular weight is 339 g/mol. The Labute approximate surface area is 145 Å². The lowest BCUT2D eigenvalue weighted by Gasteiger charge is -2.06. The largest absolute Gasteiger partial charge is 0.497 e. The molecule has 3 rings (SSSR count). The van der Waals surface area contributed by atoms with Crippen LogP contribution in [-0.2, 0) is 4.79 Å². The van der Waals surface area contributed by atoms with E-state index in [1.807, 2.05) is 55.5 Å². The fourth-order valence-corrected chi connectivity index (χ4v) is 3.17. The van der Waals surface area contributed by atoms with Gasteiger partial charge < -0.3 is 4.74 Å². The van der Waals surface area contributed by atoms with E-state index in [4.69, 9.17) is 4.74 Å². The van der Waals surface area contributed by atoms with Crippen molar-refractivity contribution in [3.63, 3.8) is 0 Å². The molecule has 2 aromatic rings. The predicted molar refractivity (Wildman–Crippen MR) is 97.4 cm³/mol. The van der Waals surface area contributed by atoms with E-state index in [-0.39, 0.29) is 5.91 Å². The maximum Gasteiger partial charge on any atom is 0.266 e. The number of aromatic nitrogens is 1. The van der Waals surface area contributed by atoms with Gasteiger partial charge in [0.1, 0.15) is 5.75 Å². The number of rotatable bonds is 3. The maximum absolute atomic E-state index is 12.4. The number of aliphatic imine (C=N–C) groups is 1. The summed E-state index contributed by atoms with van der Waals surface area (Å²) >= 11 is 1.35. The van der Waals surface area contributed by atoms with Crippen LogP contribution in [0.4, 0.5) is 5.82 Å². The second-order valence-corrected chi connectivity index (χ2v) is 6.29. The molecule has 0 N–H and O–H groups in total. The quantitative estimate of drug-likeness (QED) is 0.801. The number of carbonyl (C=O) groups is 1. The molecular formula is C18H17N3O2S. The smallest absolute Gasteiger partial charge is 0.266 e. The summed E-state index contributed by atoms with van der Waals surface area (Å²) in [7, 11) is 3.35. The molecule has 122 valence electrons. The SMILES string of the molecule is COc1ccc(/C=C2\S/C(=N/c3cccc(C)n3)N(C)C2=O)cc1. The third kappa shape index (κ3) is 3.49. The number of hydrogen-bond acceptors (Lipinski definition) is 5. The summed E-state index contributed by atoms with van der Waals surface area (Å²) in [6, 6.07) is 13.2. The zero-order valence-electron chi connectivity index (χ0n) is 13.7. The van der Waals surface area contributed by atoms with E-state index in [1.165, 1.54) is 11.8 Å². The Morgan fingerprint density at radius 2 is 1.96 bits per heavy atom. The molecule has 0 radical (unpaired) electrons. The molecule has 0 spiro atoms. The molecule has 1 aliphatic heterocycles. The van der Waals surface area contributed by atoms with Crippen LogP contribution < -0.4 is 4.74 Å². The van der Waals surface area contributed by atoms with Gasteiger partial charge in [0.25, 0.3) is 5.91 Å². The zero-order chi connectivity index (χ0) is 17.1. The number of aryl methyl sites for hydroxylation is 1. The summed E-state index contributed by atoms with van der Waals surface area (Å²) in [5.41, 5.74) is 1.83. The lowest BCUT2D eigenvalue weighted by molar-refractivity contribution is -0.121. The highest BCUT2D eigenvalue weighted by Crippen LogP contribution is 2.33. The van der Waals surface area contributed by atoms with E-state index in [9.17, 15) is 4.79 Å². The van der Waals surface area contributed by atoms with Crippen LogP contribution in [0.3, 0.4) is 0 Å². The van der Waals surface area contributed by atoms with Crippen molar-refractivity contribution >= 4 is 34.7 Å². The Balaban J connectivity index is 1.86. The van der Waals surface area contributed by atoms with Crippen LogP contribution in [0.15, 0.2) is 52.4 Å². The molecule has 5 nitrogen and oxygen atoms in total. The second-order valence-electron chi connectivity index (χ2n) is 5.28. The molecule has 0 saturated carbocycles. The van der Waals surface area contributed by atoms with Crippen LogP contribution in [0.1, 0.15) is 11.3 Å². The van der Waals surface area contributed by atoms with Gasteiger partial charge in [-0.25, -0.2) is 9.98 Å². The van der Waals surface area contributed by atoms with Gasteiger partial charge in [-0.1, -0.05) is 18.2 Å². The molecule has 0 bridgehead atoms. The molecule has 6 heteroatoms. The molecular weight excluding hydrogens is 322 g/mol. The first kappa shape index (κ1) is 16.3. The highest BCUT2D eigenvalue weighted by molar-refractivity contribution is 8.18. The van der Waals surface area contributed by atoms with E-state index >= 15 is 0 Å².